The van der Waals surface area contributed by atoms with E-state index < -0.39 is 0 Å². The summed E-state index contributed by atoms with van der Waals surface area (Å²) in [5, 5.41) is 4.21. The van der Waals surface area contributed by atoms with Crippen molar-refractivity contribution in [1.82, 2.24) is 9.78 Å². The van der Waals surface area contributed by atoms with Crippen molar-refractivity contribution in [2.75, 3.05) is 0 Å². The summed E-state index contributed by atoms with van der Waals surface area (Å²) < 4.78 is 1.76. The van der Waals surface area contributed by atoms with Gasteiger partial charge in [-0.15, -0.1) is 0 Å². The van der Waals surface area contributed by atoms with E-state index >= 15 is 0 Å². The smallest absolute Gasteiger partial charge is 0.154 e. The highest BCUT2D eigenvalue weighted by atomic mass is 16.1. The van der Waals surface area contributed by atoms with Gasteiger partial charge in [0.05, 0.1) is 5.69 Å². The van der Waals surface area contributed by atoms with Gasteiger partial charge in [0.1, 0.15) is 6.04 Å². The summed E-state index contributed by atoms with van der Waals surface area (Å²) in [7, 11) is 0. The Balaban J connectivity index is 2.44. The molecular weight excluding hydrogens is 200 g/mol. The highest BCUT2D eigenvalue weighted by Crippen LogP contribution is 2.21. The molecule has 0 saturated carbocycles. The average molecular weight is 214 g/mol. The normalized spacial score (nSPS) is 12.4. The Bertz CT molecular complexity index is 488. The average Bonchev–Trinajstić information content (AvgIpc) is 2.77. The minimum absolute atomic E-state index is 0.112. The van der Waals surface area contributed by atoms with E-state index in [-0.39, 0.29) is 11.8 Å². The lowest BCUT2D eigenvalue weighted by Gasteiger charge is -2.12. The third kappa shape index (κ3) is 1.89. The standard InChI is InChI=1S/C13H14N2O/c1-10(11(2)16)15-13(8-9-14-15)12-6-4-3-5-7-12/h3-10H,1-2H3. The zero-order valence-corrected chi connectivity index (χ0v) is 9.42. The van der Waals surface area contributed by atoms with E-state index in [4.69, 9.17) is 0 Å². The number of nitrogens with zero attached hydrogens (tertiary/aromatic N) is 2. The summed E-state index contributed by atoms with van der Waals surface area (Å²) in [4.78, 5) is 11.4. The molecule has 0 aliphatic carbocycles. The molecule has 0 fully saturated rings. The topological polar surface area (TPSA) is 34.9 Å². The summed E-state index contributed by atoms with van der Waals surface area (Å²) in [5.41, 5.74) is 2.05. The van der Waals surface area contributed by atoms with Gasteiger partial charge < -0.3 is 0 Å². The monoisotopic (exact) mass is 214 g/mol. The predicted octanol–water partition coefficient (Wildman–Crippen LogP) is 2.70. The van der Waals surface area contributed by atoms with Crippen molar-refractivity contribution in [3.63, 3.8) is 0 Å². The lowest BCUT2D eigenvalue weighted by atomic mass is 10.1. The molecule has 2 rings (SSSR count). The molecule has 1 unspecified atom stereocenters. The van der Waals surface area contributed by atoms with Crippen molar-refractivity contribution in [2.24, 2.45) is 0 Å². The maximum atomic E-state index is 11.4. The van der Waals surface area contributed by atoms with Gasteiger partial charge in [-0.1, -0.05) is 30.3 Å². The summed E-state index contributed by atoms with van der Waals surface area (Å²) in [6, 6.07) is 11.7. The fraction of sp³-hybridized carbons (Fsp3) is 0.231. The Morgan fingerprint density at radius 2 is 1.94 bits per heavy atom. The number of hydrogen-bond donors (Lipinski definition) is 0. The quantitative estimate of drug-likeness (QED) is 0.787. The summed E-state index contributed by atoms with van der Waals surface area (Å²) in [6.45, 7) is 3.45. The third-order valence-electron chi connectivity index (χ3n) is 2.70. The third-order valence-corrected chi connectivity index (χ3v) is 2.70. The van der Waals surface area contributed by atoms with Crippen molar-refractivity contribution < 1.29 is 4.79 Å². The second kappa shape index (κ2) is 4.31. The number of benzene rings is 1. The van der Waals surface area contributed by atoms with Crippen molar-refractivity contribution in [3.8, 4) is 11.3 Å². The van der Waals surface area contributed by atoms with Crippen LogP contribution in [0.15, 0.2) is 42.6 Å². The minimum atomic E-state index is -0.217. The molecule has 2 aromatic rings. The fourth-order valence-electron chi connectivity index (χ4n) is 1.63. The molecule has 0 N–H and O–H groups in total. The van der Waals surface area contributed by atoms with E-state index in [0.717, 1.165) is 11.3 Å². The van der Waals surface area contributed by atoms with Crippen LogP contribution in [0.25, 0.3) is 11.3 Å². The first-order chi connectivity index (χ1) is 7.70. The first-order valence-electron chi connectivity index (χ1n) is 5.29. The largest absolute Gasteiger partial charge is 0.298 e. The fourth-order valence-corrected chi connectivity index (χ4v) is 1.63. The number of ketones is 1. The number of rotatable bonds is 3. The van der Waals surface area contributed by atoms with Crippen LogP contribution in [0.3, 0.4) is 0 Å². The van der Waals surface area contributed by atoms with Gasteiger partial charge >= 0.3 is 0 Å². The highest BCUT2D eigenvalue weighted by Gasteiger charge is 2.14. The van der Waals surface area contributed by atoms with Gasteiger partial charge in [0, 0.05) is 6.20 Å². The van der Waals surface area contributed by atoms with Crippen LogP contribution in [0, 0.1) is 0 Å². The summed E-state index contributed by atoms with van der Waals surface area (Å²) in [6.07, 6.45) is 1.72. The van der Waals surface area contributed by atoms with E-state index in [2.05, 4.69) is 5.10 Å². The minimum Gasteiger partial charge on any atom is -0.298 e. The second-order valence-electron chi connectivity index (χ2n) is 3.81. The van der Waals surface area contributed by atoms with E-state index in [1.54, 1.807) is 17.8 Å². The number of hydrogen-bond acceptors (Lipinski definition) is 2. The molecule has 16 heavy (non-hydrogen) atoms. The molecular formula is C13H14N2O. The molecule has 0 spiro atoms. The van der Waals surface area contributed by atoms with E-state index in [1.165, 1.54) is 0 Å². The van der Waals surface area contributed by atoms with Crippen molar-refractivity contribution >= 4 is 5.78 Å². The number of Topliss-reactive ketones (excluding diaryl/α,β-unsaturated/α-hetero) is 1. The van der Waals surface area contributed by atoms with Gasteiger partial charge in [-0.2, -0.15) is 5.10 Å². The number of carbonyl (C=O) groups is 1. The molecule has 0 amide bonds. The first kappa shape index (κ1) is 10.6. The van der Waals surface area contributed by atoms with Crippen LogP contribution >= 0.6 is 0 Å². The number of carbonyl (C=O) groups excluding carboxylic acids is 1. The van der Waals surface area contributed by atoms with Gasteiger partial charge in [0.25, 0.3) is 0 Å². The van der Waals surface area contributed by atoms with Crippen LogP contribution in [0.2, 0.25) is 0 Å². The lowest BCUT2D eigenvalue weighted by molar-refractivity contribution is -0.119. The predicted molar refractivity (Wildman–Crippen MR) is 63.1 cm³/mol. The molecule has 0 aliphatic heterocycles. The molecule has 1 heterocycles. The first-order valence-corrected chi connectivity index (χ1v) is 5.29. The van der Waals surface area contributed by atoms with Gasteiger partial charge in [0.2, 0.25) is 0 Å². The zero-order chi connectivity index (χ0) is 11.5. The molecule has 1 aromatic carbocycles. The Kier molecular flexibility index (Phi) is 2.86. The van der Waals surface area contributed by atoms with Crippen molar-refractivity contribution in [3.05, 3.63) is 42.6 Å². The van der Waals surface area contributed by atoms with Crippen LogP contribution in [0.4, 0.5) is 0 Å². The van der Waals surface area contributed by atoms with Crippen molar-refractivity contribution in [1.29, 1.82) is 0 Å². The Hall–Kier alpha value is -1.90. The van der Waals surface area contributed by atoms with E-state index in [1.807, 2.05) is 43.3 Å². The molecule has 0 radical (unpaired) electrons. The maximum Gasteiger partial charge on any atom is 0.154 e. The summed E-state index contributed by atoms with van der Waals surface area (Å²) in [5.74, 6) is 0.112. The van der Waals surface area contributed by atoms with E-state index in [0.29, 0.717) is 0 Å². The molecule has 0 saturated heterocycles. The second-order valence-corrected chi connectivity index (χ2v) is 3.81. The van der Waals surface area contributed by atoms with Gasteiger partial charge in [0.15, 0.2) is 5.78 Å². The van der Waals surface area contributed by atoms with Crippen molar-refractivity contribution in [2.45, 2.75) is 19.9 Å². The SMILES string of the molecule is CC(=O)C(C)n1nccc1-c1ccccc1. The lowest BCUT2D eigenvalue weighted by Crippen LogP contribution is -2.15. The Morgan fingerprint density at radius 1 is 1.25 bits per heavy atom. The zero-order valence-electron chi connectivity index (χ0n) is 9.42. The molecule has 0 bridgehead atoms. The van der Waals surface area contributed by atoms with Gasteiger partial charge in [-0.05, 0) is 25.5 Å². The Labute approximate surface area is 94.7 Å². The molecule has 1 atom stereocenters. The van der Waals surface area contributed by atoms with Gasteiger partial charge in [-0.3, -0.25) is 9.48 Å². The summed E-state index contributed by atoms with van der Waals surface area (Å²) >= 11 is 0. The van der Waals surface area contributed by atoms with Crippen LogP contribution in [-0.4, -0.2) is 15.6 Å². The highest BCUT2D eigenvalue weighted by molar-refractivity contribution is 5.80. The molecule has 1 aromatic heterocycles. The number of aromatic nitrogens is 2. The molecule has 3 nitrogen and oxygen atoms in total. The molecule has 82 valence electrons. The molecule has 0 aliphatic rings. The molecule has 3 heteroatoms. The van der Waals surface area contributed by atoms with Crippen LogP contribution in [0.5, 0.6) is 0 Å². The van der Waals surface area contributed by atoms with Gasteiger partial charge in [-0.25, -0.2) is 0 Å². The van der Waals surface area contributed by atoms with Crippen LogP contribution in [-0.2, 0) is 4.79 Å². The van der Waals surface area contributed by atoms with Crippen LogP contribution in [0.1, 0.15) is 19.9 Å². The van der Waals surface area contributed by atoms with Crippen LogP contribution < -0.4 is 0 Å². The Morgan fingerprint density at radius 3 is 2.56 bits per heavy atom. The maximum absolute atomic E-state index is 11.4. The van der Waals surface area contributed by atoms with E-state index in [9.17, 15) is 4.79 Å².